The number of nitrogens with one attached hydrogen (secondary N) is 1. The maximum atomic E-state index is 10.5. The first-order chi connectivity index (χ1) is 10.9. The molecule has 3 nitrogen and oxygen atoms in total. The Morgan fingerprint density at radius 2 is 2.00 bits per heavy atom. The molecule has 126 valence electrons. The molecule has 1 heterocycles. The predicted octanol–water partition coefficient (Wildman–Crippen LogP) is 3.92. The maximum Gasteiger partial charge on any atom is 0.0843 e. The Morgan fingerprint density at radius 1 is 1.26 bits per heavy atom. The number of β-amino-alcohol motifs (C(OH)–C–C–N with tert-alkyl or cyclic N) is 1. The van der Waals surface area contributed by atoms with Crippen LogP contribution in [0.2, 0.25) is 5.02 Å². The Kier molecular flexibility index (Phi) is 4.73. The van der Waals surface area contributed by atoms with Crippen LogP contribution < -0.4 is 5.32 Å². The van der Waals surface area contributed by atoms with Crippen LogP contribution in [0.1, 0.15) is 44.9 Å². The van der Waals surface area contributed by atoms with Gasteiger partial charge in [-0.3, -0.25) is 0 Å². The SMILES string of the molecule is CC(C)(C)NC[C@H](O)Cn1c2c(c3cccc(Cl)c31)CCCC2. The molecular weight excluding hydrogens is 308 g/mol. The number of benzene rings is 1. The standard InChI is InChI=1S/C19H27ClN2O/c1-19(2,3)21-11-13(23)12-22-17-10-5-4-7-14(17)15-8-6-9-16(20)18(15)22/h6,8-9,13,21,23H,4-5,7,10-12H2,1-3H3/t13-/m0/s1. The van der Waals surface area contributed by atoms with Gasteiger partial charge in [-0.05, 0) is 58.1 Å². The summed E-state index contributed by atoms with van der Waals surface area (Å²) in [7, 11) is 0. The normalized spacial score (nSPS) is 16.6. The van der Waals surface area contributed by atoms with Gasteiger partial charge in [0.05, 0.1) is 23.2 Å². The zero-order valence-electron chi connectivity index (χ0n) is 14.3. The van der Waals surface area contributed by atoms with Gasteiger partial charge in [0.2, 0.25) is 0 Å². The van der Waals surface area contributed by atoms with E-state index in [2.05, 4.69) is 36.7 Å². The van der Waals surface area contributed by atoms with E-state index in [-0.39, 0.29) is 5.54 Å². The highest BCUT2D eigenvalue weighted by molar-refractivity contribution is 6.35. The van der Waals surface area contributed by atoms with E-state index in [1.165, 1.54) is 29.5 Å². The number of hydrogen-bond acceptors (Lipinski definition) is 2. The lowest BCUT2D eigenvalue weighted by Crippen LogP contribution is -2.42. The van der Waals surface area contributed by atoms with Crippen molar-refractivity contribution in [1.82, 2.24) is 9.88 Å². The van der Waals surface area contributed by atoms with Crippen molar-refractivity contribution in [2.45, 2.75) is 64.6 Å². The molecule has 4 heteroatoms. The molecule has 0 spiro atoms. The van der Waals surface area contributed by atoms with Crippen molar-refractivity contribution in [2.24, 2.45) is 0 Å². The maximum absolute atomic E-state index is 10.5. The molecule has 1 aliphatic rings. The molecule has 0 unspecified atom stereocenters. The number of nitrogens with zero attached hydrogens (tertiary/aromatic N) is 1. The first-order valence-corrected chi connectivity index (χ1v) is 8.96. The third-order valence-corrected chi connectivity index (χ3v) is 4.91. The van der Waals surface area contributed by atoms with E-state index >= 15 is 0 Å². The van der Waals surface area contributed by atoms with Gasteiger partial charge in [0, 0.05) is 23.2 Å². The Balaban J connectivity index is 1.93. The van der Waals surface area contributed by atoms with E-state index in [0.29, 0.717) is 13.1 Å². The Bertz CT molecular complexity index is 699. The minimum absolute atomic E-state index is 0.0107. The summed E-state index contributed by atoms with van der Waals surface area (Å²) in [5, 5.41) is 15.9. The summed E-state index contributed by atoms with van der Waals surface area (Å²) in [6.07, 6.45) is 4.24. The van der Waals surface area contributed by atoms with Crippen molar-refractivity contribution in [3.8, 4) is 0 Å². The molecular formula is C19H27ClN2O. The minimum atomic E-state index is -0.424. The minimum Gasteiger partial charge on any atom is -0.390 e. The molecule has 0 bridgehead atoms. The number of rotatable bonds is 4. The Hall–Kier alpha value is -1.03. The van der Waals surface area contributed by atoms with E-state index in [1.54, 1.807) is 0 Å². The summed E-state index contributed by atoms with van der Waals surface area (Å²) in [6.45, 7) is 7.53. The summed E-state index contributed by atoms with van der Waals surface area (Å²) in [5.74, 6) is 0. The van der Waals surface area contributed by atoms with Crippen LogP contribution in [0.15, 0.2) is 18.2 Å². The lowest BCUT2D eigenvalue weighted by Gasteiger charge is -2.24. The van der Waals surface area contributed by atoms with Gasteiger partial charge in [0.15, 0.2) is 0 Å². The van der Waals surface area contributed by atoms with Gasteiger partial charge in [0.25, 0.3) is 0 Å². The van der Waals surface area contributed by atoms with Crippen LogP contribution in [0.5, 0.6) is 0 Å². The Labute approximate surface area is 143 Å². The van der Waals surface area contributed by atoms with Gasteiger partial charge in [-0.1, -0.05) is 23.7 Å². The Morgan fingerprint density at radius 3 is 2.74 bits per heavy atom. The summed E-state index contributed by atoms with van der Waals surface area (Å²) in [5.41, 5.74) is 3.91. The number of aromatic nitrogens is 1. The molecule has 1 aromatic carbocycles. The van der Waals surface area contributed by atoms with Gasteiger partial charge in [-0.25, -0.2) is 0 Å². The highest BCUT2D eigenvalue weighted by Crippen LogP contribution is 2.35. The summed E-state index contributed by atoms with van der Waals surface area (Å²) >= 11 is 6.50. The molecule has 0 saturated carbocycles. The molecule has 0 aliphatic heterocycles. The third-order valence-electron chi connectivity index (χ3n) is 4.61. The number of fused-ring (bicyclic) bond motifs is 3. The number of aliphatic hydroxyl groups excluding tert-OH is 1. The van der Waals surface area contributed by atoms with Crippen molar-refractivity contribution in [3.63, 3.8) is 0 Å². The fourth-order valence-corrected chi connectivity index (χ4v) is 3.82. The number of aliphatic hydroxyl groups is 1. The van der Waals surface area contributed by atoms with Crippen molar-refractivity contribution in [3.05, 3.63) is 34.5 Å². The predicted molar refractivity (Wildman–Crippen MR) is 97.4 cm³/mol. The van der Waals surface area contributed by atoms with Crippen molar-refractivity contribution >= 4 is 22.5 Å². The average molecular weight is 335 g/mol. The fraction of sp³-hybridized carbons (Fsp3) is 0.579. The molecule has 1 aliphatic carbocycles. The monoisotopic (exact) mass is 334 g/mol. The molecule has 0 radical (unpaired) electrons. The number of halogens is 1. The zero-order valence-corrected chi connectivity index (χ0v) is 15.1. The van der Waals surface area contributed by atoms with Crippen molar-refractivity contribution in [2.75, 3.05) is 6.54 Å². The summed E-state index contributed by atoms with van der Waals surface area (Å²) < 4.78 is 2.27. The van der Waals surface area contributed by atoms with E-state index in [4.69, 9.17) is 11.6 Å². The number of aryl methyl sites for hydroxylation is 1. The molecule has 2 N–H and O–H groups in total. The van der Waals surface area contributed by atoms with Crippen LogP contribution in [0.25, 0.3) is 10.9 Å². The van der Waals surface area contributed by atoms with Crippen LogP contribution in [0.4, 0.5) is 0 Å². The van der Waals surface area contributed by atoms with Crippen LogP contribution in [0.3, 0.4) is 0 Å². The largest absolute Gasteiger partial charge is 0.390 e. The van der Waals surface area contributed by atoms with E-state index in [1.807, 2.05) is 12.1 Å². The highest BCUT2D eigenvalue weighted by Gasteiger charge is 2.23. The molecule has 1 aromatic heterocycles. The summed E-state index contributed by atoms with van der Waals surface area (Å²) in [4.78, 5) is 0. The molecule has 0 fully saturated rings. The van der Waals surface area contributed by atoms with Crippen molar-refractivity contribution in [1.29, 1.82) is 0 Å². The second kappa shape index (κ2) is 6.46. The number of para-hydroxylation sites is 1. The smallest absolute Gasteiger partial charge is 0.0843 e. The van der Waals surface area contributed by atoms with Crippen LogP contribution in [-0.4, -0.2) is 27.9 Å². The molecule has 1 atom stereocenters. The second-order valence-corrected chi connectivity index (χ2v) is 8.07. The fourth-order valence-electron chi connectivity index (χ4n) is 3.55. The first-order valence-electron chi connectivity index (χ1n) is 8.58. The quantitative estimate of drug-likeness (QED) is 0.889. The van der Waals surface area contributed by atoms with Crippen LogP contribution >= 0.6 is 11.6 Å². The van der Waals surface area contributed by atoms with E-state index in [9.17, 15) is 5.11 Å². The lowest BCUT2D eigenvalue weighted by molar-refractivity contribution is 0.142. The van der Waals surface area contributed by atoms with Gasteiger partial charge >= 0.3 is 0 Å². The molecule has 23 heavy (non-hydrogen) atoms. The molecule has 3 rings (SSSR count). The third kappa shape index (κ3) is 3.57. The van der Waals surface area contributed by atoms with Gasteiger partial charge in [-0.15, -0.1) is 0 Å². The van der Waals surface area contributed by atoms with Gasteiger partial charge in [0.1, 0.15) is 0 Å². The van der Waals surface area contributed by atoms with Crippen LogP contribution in [-0.2, 0) is 19.4 Å². The number of hydrogen-bond donors (Lipinski definition) is 2. The summed E-state index contributed by atoms with van der Waals surface area (Å²) in [6, 6.07) is 6.15. The molecule has 0 amide bonds. The lowest BCUT2D eigenvalue weighted by atomic mass is 9.95. The van der Waals surface area contributed by atoms with E-state index in [0.717, 1.165) is 23.4 Å². The van der Waals surface area contributed by atoms with Gasteiger partial charge < -0.3 is 15.0 Å². The van der Waals surface area contributed by atoms with Crippen LogP contribution in [0, 0.1) is 0 Å². The van der Waals surface area contributed by atoms with Crippen molar-refractivity contribution < 1.29 is 5.11 Å². The first kappa shape index (κ1) is 16.8. The molecule has 0 saturated heterocycles. The zero-order chi connectivity index (χ0) is 16.6. The second-order valence-electron chi connectivity index (χ2n) is 7.66. The highest BCUT2D eigenvalue weighted by atomic mass is 35.5. The topological polar surface area (TPSA) is 37.2 Å². The van der Waals surface area contributed by atoms with E-state index < -0.39 is 6.10 Å². The van der Waals surface area contributed by atoms with Gasteiger partial charge in [-0.2, -0.15) is 0 Å². The average Bonchev–Trinajstić information content (AvgIpc) is 2.81. The molecule has 2 aromatic rings.